The molecule has 52 heavy (non-hydrogen) atoms. The minimum Gasteiger partial charge on any atom is -0.481 e. The highest BCUT2D eigenvalue weighted by Gasteiger charge is 2.55. The van der Waals surface area contributed by atoms with Crippen LogP contribution in [0.5, 0.6) is 11.8 Å². The molecule has 5 heterocycles. The zero-order valence-electron chi connectivity index (χ0n) is 30.0. The molecule has 3 saturated heterocycles. The van der Waals surface area contributed by atoms with E-state index >= 15 is 0 Å². The number of ether oxygens (including phenoxy) is 3. The molecule has 1 amide bonds. The van der Waals surface area contributed by atoms with Crippen LogP contribution in [0.3, 0.4) is 0 Å². The van der Waals surface area contributed by atoms with E-state index in [0.29, 0.717) is 27.9 Å². The largest absolute Gasteiger partial charge is 0.481 e. The standard InChI is InChI=1S/C41H43Cl2N5O4/c1-23(49)47-19-41(20-47)21-48(22-41)34-14-12-25-16-32(45-40(52-4)36(25)34)30-10-6-8-28(38(30)43)27-7-5-9-29(37(27)42)31-15-24-11-13-33(35(24)39(44-31)51-3)46-17-26(18-46)50-2/h5-10,15-16,26,33-34H,11-14,17-22H2,1-4H3/t33-,34+/m0/s1. The van der Waals surface area contributed by atoms with E-state index in [1.54, 1.807) is 28.3 Å². The number of hydrogen-bond donors (Lipinski definition) is 0. The van der Waals surface area contributed by atoms with Gasteiger partial charge in [0.1, 0.15) is 0 Å². The van der Waals surface area contributed by atoms with E-state index in [1.807, 2.05) is 41.3 Å². The molecule has 2 atom stereocenters. The molecule has 9 nitrogen and oxygen atoms in total. The lowest BCUT2D eigenvalue weighted by Gasteiger charge is -2.61. The second kappa shape index (κ2) is 13.0. The summed E-state index contributed by atoms with van der Waals surface area (Å²) < 4.78 is 17.4. The molecule has 270 valence electrons. The van der Waals surface area contributed by atoms with Crippen LogP contribution in [0.4, 0.5) is 0 Å². The van der Waals surface area contributed by atoms with Gasteiger partial charge in [0, 0.05) is 104 Å². The molecule has 9 rings (SSSR count). The summed E-state index contributed by atoms with van der Waals surface area (Å²) in [7, 11) is 5.17. The highest BCUT2D eigenvalue weighted by atomic mass is 35.5. The Labute approximate surface area is 314 Å². The molecule has 2 aromatic carbocycles. The van der Waals surface area contributed by atoms with E-state index in [1.165, 1.54) is 22.3 Å². The first-order valence-electron chi connectivity index (χ1n) is 18.2. The smallest absolute Gasteiger partial charge is 0.219 e. The molecule has 2 aromatic heterocycles. The summed E-state index contributed by atoms with van der Waals surface area (Å²) in [4.78, 5) is 28.8. The molecule has 0 N–H and O–H groups in total. The molecule has 4 aromatic rings. The van der Waals surface area contributed by atoms with Crippen molar-refractivity contribution in [2.24, 2.45) is 5.41 Å². The predicted octanol–water partition coefficient (Wildman–Crippen LogP) is 7.27. The molecule has 5 aliphatic rings. The lowest BCUT2D eigenvalue weighted by Crippen LogP contribution is -2.72. The quantitative estimate of drug-likeness (QED) is 0.187. The Hall–Kier alpha value is -3.73. The average Bonchev–Trinajstić information content (AvgIpc) is 3.71. The highest BCUT2D eigenvalue weighted by Crippen LogP contribution is 2.51. The number of rotatable bonds is 8. The first-order chi connectivity index (χ1) is 25.2. The van der Waals surface area contributed by atoms with Crippen LogP contribution in [-0.4, -0.2) is 97.3 Å². The molecule has 0 bridgehead atoms. The van der Waals surface area contributed by atoms with Crippen molar-refractivity contribution in [1.29, 1.82) is 0 Å². The Balaban J connectivity index is 1.00. The molecule has 1 spiro atoms. The number of benzene rings is 2. The van der Waals surface area contributed by atoms with Crippen molar-refractivity contribution in [3.05, 3.63) is 80.8 Å². The Morgan fingerprint density at radius 2 is 1.21 bits per heavy atom. The maximum Gasteiger partial charge on any atom is 0.219 e. The number of methoxy groups -OCH3 is 3. The molecule has 0 saturated carbocycles. The summed E-state index contributed by atoms with van der Waals surface area (Å²) in [5.41, 5.74) is 10.0. The number of aromatic nitrogens is 2. The van der Waals surface area contributed by atoms with Crippen LogP contribution in [0.2, 0.25) is 10.0 Å². The fourth-order valence-corrected chi connectivity index (χ4v) is 10.1. The summed E-state index contributed by atoms with van der Waals surface area (Å²) in [6.07, 6.45) is 4.26. The molecular weight excluding hydrogens is 697 g/mol. The average molecular weight is 741 g/mol. The number of hydrogen-bond acceptors (Lipinski definition) is 8. The summed E-state index contributed by atoms with van der Waals surface area (Å²) in [6, 6.07) is 17.0. The van der Waals surface area contributed by atoms with Crippen LogP contribution < -0.4 is 9.47 Å². The topological polar surface area (TPSA) is 80.3 Å². The number of aryl methyl sites for hydroxylation is 2. The Morgan fingerprint density at radius 3 is 1.67 bits per heavy atom. The van der Waals surface area contributed by atoms with Gasteiger partial charge in [0.2, 0.25) is 17.7 Å². The van der Waals surface area contributed by atoms with Gasteiger partial charge in [-0.2, -0.15) is 0 Å². The fraction of sp³-hybridized carbons (Fsp3) is 0.439. The van der Waals surface area contributed by atoms with Gasteiger partial charge in [-0.05, 0) is 48.9 Å². The van der Waals surface area contributed by atoms with Gasteiger partial charge in [0.05, 0.1) is 41.8 Å². The number of amides is 1. The van der Waals surface area contributed by atoms with Crippen molar-refractivity contribution in [3.8, 4) is 45.4 Å². The van der Waals surface area contributed by atoms with Crippen molar-refractivity contribution in [2.75, 3.05) is 60.6 Å². The van der Waals surface area contributed by atoms with E-state index in [4.69, 9.17) is 47.4 Å². The van der Waals surface area contributed by atoms with E-state index in [2.05, 4.69) is 21.9 Å². The van der Waals surface area contributed by atoms with Crippen LogP contribution in [0.15, 0.2) is 48.5 Å². The SMILES string of the molecule is COc1nc(-c2cccc(-c3cccc(-c4cc5c(c(OC)n4)[C@@H](N4CC(OC)C4)CC5)c3Cl)c2Cl)cc2c1[C@H](N1CC3(CN(C(C)=O)C3)C1)CC2. The molecule has 2 aliphatic carbocycles. The summed E-state index contributed by atoms with van der Waals surface area (Å²) in [5, 5.41) is 1.17. The monoisotopic (exact) mass is 739 g/mol. The lowest BCUT2D eigenvalue weighted by atomic mass is 9.72. The Kier molecular flexibility index (Phi) is 8.51. The summed E-state index contributed by atoms with van der Waals surface area (Å²) in [6.45, 7) is 7.24. The zero-order chi connectivity index (χ0) is 35.9. The van der Waals surface area contributed by atoms with Gasteiger partial charge >= 0.3 is 0 Å². The third-order valence-corrected chi connectivity index (χ3v) is 13.0. The normalized spacial score (nSPS) is 22.1. The van der Waals surface area contributed by atoms with Crippen molar-refractivity contribution < 1.29 is 19.0 Å². The first kappa shape index (κ1) is 34.1. The summed E-state index contributed by atoms with van der Waals surface area (Å²) >= 11 is 14.5. The molecule has 11 heteroatoms. The van der Waals surface area contributed by atoms with Crippen LogP contribution in [0.1, 0.15) is 54.1 Å². The number of carbonyl (C=O) groups excluding carboxylic acids is 1. The number of pyridine rings is 2. The van der Waals surface area contributed by atoms with E-state index in [-0.39, 0.29) is 23.4 Å². The number of halogens is 2. The number of carbonyl (C=O) groups is 1. The lowest BCUT2D eigenvalue weighted by molar-refractivity contribution is -0.161. The van der Waals surface area contributed by atoms with Crippen LogP contribution in [0.25, 0.3) is 33.6 Å². The van der Waals surface area contributed by atoms with E-state index < -0.39 is 0 Å². The van der Waals surface area contributed by atoms with Gasteiger partial charge in [-0.15, -0.1) is 0 Å². The minimum atomic E-state index is 0.167. The molecule has 0 radical (unpaired) electrons. The van der Waals surface area contributed by atoms with Gasteiger partial charge in [-0.25, -0.2) is 9.97 Å². The fourth-order valence-electron chi connectivity index (χ4n) is 9.45. The summed E-state index contributed by atoms with van der Waals surface area (Å²) in [5.74, 6) is 1.48. The number of likely N-dealkylation sites (tertiary alicyclic amines) is 3. The van der Waals surface area contributed by atoms with Crippen molar-refractivity contribution >= 4 is 29.1 Å². The molecule has 0 unspecified atom stereocenters. The van der Waals surface area contributed by atoms with Gasteiger partial charge in [-0.3, -0.25) is 14.6 Å². The third-order valence-electron chi connectivity index (χ3n) is 12.2. The molecule has 3 fully saturated rings. The number of nitrogens with zero attached hydrogens (tertiary/aromatic N) is 5. The van der Waals surface area contributed by atoms with Gasteiger partial charge < -0.3 is 19.1 Å². The Morgan fingerprint density at radius 1 is 0.731 bits per heavy atom. The van der Waals surface area contributed by atoms with Crippen LogP contribution in [-0.2, 0) is 22.4 Å². The van der Waals surface area contributed by atoms with E-state index in [9.17, 15) is 4.79 Å². The third kappa shape index (κ3) is 5.42. The minimum absolute atomic E-state index is 0.167. The van der Waals surface area contributed by atoms with Crippen molar-refractivity contribution in [2.45, 2.75) is 50.8 Å². The van der Waals surface area contributed by atoms with Gasteiger partial charge in [-0.1, -0.05) is 59.6 Å². The van der Waals surface area contributed by atoms with Crippen molar-refractivity contribution in [1.82, 2.24) is 24.7 Å². The first-order valence-corrected chi connectivity index (χ1v) is 19.0. The highest BCUT2D eigenvalue weighted by molar-refractivity contribution is 6.39. The molecule has 3 aliphatic heterocycles. The zero-order valence-corrected chi connectivity index (χ0v) is 31.6. The number of fused-ring (bicyclic) bond motifs is 2. The maximum absolute atomic E-state index is 11.8. The molecular formula is C41H43Cl2N5O4. The van der Waals surface area contributed by atoms with Crippen molar-refractivity contribution in [3.63, 3.8) is 0 Å². The van der Waals surface area contributed by atoms with E-state index in [0.717, 1.165) is 98.6 Å². The van der Waals surface area contributed by atoms with Gasteiger partial charge in [0.15, 0.2) is 0 Å². The van der Waals surface area contributed by atoms with Gasteiger partial charge in [0.25, 0.3) is 0 Å². The van der Waals surface area contributed by atoms with Crippen LogP contribution in [0, 0.1) is 5.41 Å². The second-order valence-electron chi connectivity index (χ2n) is 15.2. The maximum atomic E-state index is 11.8. The Bertz CT molecular complexity index is 2090. The predicted molar refractivity (Wildman–Crippen MR) is 202 cm³/mol. The van der Waals surface area contributed by atoms with Crippen LogP contribution >= 0.6 is 23.2 Å². The second-order valence-corrected chi connectivity index (χ2v) is 16.0.